The van der Waals surface area contributed by atoms with Gasteiger partial charge in [0.1, 0.15) is 0 Å². The number of rotatable bonds is 4. The molecule has 1 aromatic heterocycles. The summed E-state index contributed by atoms with van der Waals surface area (Å²) in [4.78, 5) is 32.0. The van der Waals surface area contributed by atoms with Crippen molar-refractivity contribution in [3.8, 4) is 11.3 Å². The predicted molar refractivity (Wildman–Crippen MR) is 118 cm³/mol. The zero-order valence-corrected chi connectivity index (χ0v) is 17.6. The fourth-order valence-corrected chi connectivity index (χ4v) is 4.11. The number of carbonyl (C=O) groups excluding carboxylic acids is 2. The quantitative estimate of drug-likeness (QED) is 0.553. The molecule has 0 N–H and O–H groups in total. The maximum atomic E-state index is 13.1. The highest BCUT2D eigenvalue weighted by atomic mass is 35.5. The molecule has 0 aliphatic carbocycles. The third-order valence-corrected chi connectivity index (χ3v) is 5.71. The number of hydrogen-bond donors (Lipinski definition) is 0. The molecule has 1 saturated heterocycles. The number of para-hydroxylation sites is 1. The van der Waals surface area contributed by atoms with Crippen LogP contribution >= 0.6 is 11.6 Å². The third kappa shape index (κ3) is 4.17. The van der Waals surface area contributed by atoms with Crippen LogP contribution in [0.25, 0.3) is 22.2 Å². The average Bonchev–Trinajstić information content (AvgIpc) is 2.77. The maximum Gasteiger partial charge on any atom is 0.339 e. The summed E-state index contributed by atoms with van der Waals surface area (Å²) in [7, 11) is 0. The average molecular weight is 423 g/mol. The second-order valence-electron chi connectivity index (χ2n) is 7.51. The van der Waals surface area contributed by atoms with Crippen LogP contribution in [0.4, 0.5) is 0 Å². The van der Waals surface area contributed by atoms with Gasteiger partial charge in [0.2, 0.25) is 0 Å². The molecule has 1 fully saturated rings. The molecule has 1 aliphatic heterocycles. The lowest BCUT2D eigenvalue weighted by atomic mass is 9.98. The first-order valence-corrected chi connectivity index (χ1v) is 10.5. The Balaban J connectivity index is 1.67. The molecule has 3 aromatic rings. The largest absolute Gasteiger partial charge is 0.452 e. The SMILES string of the molecule is Cc1c(-c2cccc(Cl)c2)nc2ccccc2c1C(=O)OCC(=O)N1CCCCC1. The van der Waals surface area contributed by atoms with Crippen LogP contribution in [0.3, 0.4) is 0 Å². The van der Waals surface area contributed by atoms with E-state index in [2.05, 4.69) is 0 Å². The summed E-state index contributed by atoms with van der Waals surface area (Å²) in [6, 6.07) is 14.8. The number of ether oxygens (including phenoxy) is 1. The van der Waals surface area contributed by atoms with Crippen molar-refractivity contribution < 1.29 is 14.3 Å². The molecule has 0 unspecified atom stereocenters. The van der Waals surface area contributed by atoms with Crippen molar-refractivity contribution in [2.24, 2.45) is 0 Å². The van der Waals surface area contributed by atoms with Crippen molar-refractivity contribution >= 4 is 34.4 Å². The second-order valence-corrected chi connectivity index (χ2v) is 7.94. The number of nitrogens with zero attached hydrogens (tertiary/aromatic N) is 2. The molecule has 5 nitrogen and oxygen atoms in total. The zero-order valence-electron chi connectivity index (χ0n) is 16.9. The number of aromatic nitrogens is 1. The summed E-state index contributed by atoms with van der Waals surface area (Å²) in [5.74, 6) is -0.658. The normalized spacial score (nSPS) is 14.0. The van der Waals surface area contributed by atoms with Crippen LogP contribution in [0.2, 0.25) is 5.02 Å². The molecule has 1 aliphatic rings. The van der Waals surface area contributed by atoms with Gasteiger partial charge in [0.05, 0.1) is 16.8 Å². The number of hydrogen-bond acceptors (Lipinski definition) is 4. The van der Waals surface area contributed by atoms with Gasteiger partial charge in [-0.1, -0.05) is 41.9 Å². The Morgan fingerprint density at radius 1 is 1.07 bits per heavy atom. The lowest BCUT2D eigenvalue weighted by Gasteiger charge is -2.26. The lowest BCUT2D eigenvalue weighted by molar-refractivity contribution is -0.135. The van der Waals surface area contributed by atoms with Gasteiger partial charge >= 0.3 is 5.97 Å². The van der Waals surface area contributed by atoms with Crippen molar-refractivity contribution in [3.05, 3.63) is 64.7 Å². The first-order chi connectivity index (χ1) is 14.5. The predicted octanol–water partition coefficient (Wildman–Crippen LogP) is 5.03. The monoisotopic (exact) mass is 422 g/mol. The number of likely N-dealkylation sites (tertiary alicyclic amines) is 1. The fraction of sp³-hybridized carbons (Fsp3) is 0.292. The molecular formula is C24H23ClN2O3. The van der Waals surface area contributed by atoms with Crippen LogP contribution in [0.1, 0.15) is 35.2 Å². The van der Waals surface area contributed by atoms with E-state index in [0.29, 0.717) is 32.7 Å². The van der Waals surface area contributed by atoms with Gasteiger partial charge in [0.15, 0.2) is 6.61 Å². The van der Waals surface area contributed by atoms with Crippen molar-refractivity contribution in [2.45, 2.75) is 26.2 Å². The zero-order chi connectivity index (χ0) is 21.1. The Morgan fingerprint density at radius 2 is 1.83 bits per heavy atom. The van der Waals surface area contributed by atoms with Gasteiger partial charge in [0.25, 0.3) is 5.91 Å². The molecule has 4 rings (SSSR count). The topological polar surface area (TPSA) is 59.5 Å². The van der Waals surface area contributed by atoms with Crippen molar-refractivity contribution in [2.75, 3.05) is 19.7 Å². The van der Waals surface area contributed by atoms with Crippen LogP contribution in [0.15, 0.2) is 48.5 Å². The molecule has 0 radical (unpaired) electrons. The summed E-state index contributed by atoms with van der Waals surface area (Å²) in [5, 5.41) is 1.30. The molecule has 1 amide bonds. The highest BCUT2D eigenvalue weighted by Gasteiger charge is 2.23. The fourth-order valence-electron chi connectivity index (χ4n) is 3.92. The molecule has 0 bridgehead atoms. The molecule has 30 heavy (non-hydrogen) atoms. The van der Waals surface area contributed by atoms with Crippen LogP contribution in [-0.4, -0.2) is 41.5 Å². The minimum atomic E-state index is -0.514. The highest BCUT2D eigenvalue weighted by molar-refractivity contribution is 6.30. The van der Waals surface area contributed by atoms with Crippen LogP contribution in [0.5, 0.6) is 0 Å². The number of fused-ring (bicyclic) bond motifs is 1. The van der Waals surface area contributed by atoms with E-state index in [4.69, 9.17) is 21.3 Å². The molecule has 0 atom stereocenters. The number of esters is 1. The van der Waals surface area contributed by atoms with E-state index in [9.17, 15) is 9.59 Å². The van der Waals surface area contributed by atoms with Gasteiger partial charge in [-0.05, 0) is 49.9 Å². The van der Waals surface area contributed by atoms with Crippen molar-refractivity contribution in [3.63, 3.8) is 0 Å². The molecule has 2 aromatic carbocycles. The van der Waals surface area contributed by atoms with E-state index in [0.717, 1.165) is 37.9 Å². The summed E-state index contributed by atoms with van der Waals surface area (Å²) < 4.78 is 5.46. The number of piperidine rings is 1. The first-order valence-electron chi connectivity index (χ1n) is 10.1. The van der Waals surface area contributed by atoms with Crippen LogP contribution in [0, 0.1) is 6.92 Å². The number of amides is 1. The Hall–Kier alpha value is -2.92. The van der Waals surface area contributed by atoms with Gasteiger partial charge in [-0.3, -0.25) is 4.79 Å². The summed E-state index contributed by atoms with van der Waals surface area (Å²) >= 11 is 6.16. The van der Waals surface area contributed by atoms with Gasteiger partial charge in [-0.2, -0.15) is 0 Å². The van der Waals surface area contributed by atoms with Crippen LogP contribution in [-0.2, 0) is 9.53 Å². The summed E-state index contributed by atoms with van der Waals surface area (Å²) in [6.45, 7) is 3.05. The van der Waals surface area contributed by atoms with Gasteiger partial charge in [0, 0.05) is 29.1 Å². The van der Waals surface area contributed by atoms with Crippen molar-refractivity contribution in [1.82, 2.24) is 9.88 Å². The summed E-state index contributed by atoms with van der Waals surface area (Å²) in [5.41, 5.74) is 3.32. The molecule has 6 heteroatoms. The Morgan fingerprint density at radius 3 is 2.60 bits per heavy atom. The number of halogens is 1. The van der Waals surface area contributed by atoms with E-state index < -0.39 is 5.97 Å². The Labute approximate surface area is 180 Å². The van der Waals surface area contributed by atoms with Crippen LogP contribution < -0.4 is 0 Å². The Kier molecular flexibility index (Phi) is 6.00. The smallest absolute Gasteiger partial charge is 0.339 e. The number of benzene rings is 2. The standard InChI is InChI=1S/C24H23ClN2O3/c1-16-22(24(29)30-15-21(28)27-12-5-2-6-13-27)19-10-3-4-11-20(19)26-23(16)17-8-7-9-18(25)14-17/h3-4,7-11,14H,2,5-6,12-13,15H2,1H3. The van der Waals surface area contributed by atoms with E-state index in [1.807, 2.05) is 49.4 Å². The Bertz CT molecular complexity index is 1110. The minimum Gasteiger partial charge on any atom is -0.452 e. The molecule has 2 heterocycles. The van der Waals surface area contributed by atoms with Crippen molar-refractivity contribution in [1.29, 1.82) is 0 Å². The van der Waals surface area contributed by atoms with E-state index in [1.165, 1.54) is 0 Å². The van der Waals surface area contributed by atoms with Gasteiger partial charge in [-0.25, -0.2) is 9.78 Å². The first kappa shape index (κ1) is 20.4. The van der Waals surface area contributed by atoms with Gasteiger partial charge in [-0.15, -0.1) is 0 Å². The van der Waals surface area contributed by atoms with E-state index >= 15 is 0 Å². The maximum absolute atomic E-state index is 13.1. The molecule has 0 saturated carbocycles. The minimum absolute atomic E-state index is 0.144. The second kappa shape index (κ2) is 8.84. The van der Waals surface area contributed by atoms with Gasteiger partial charge < -0.3 is 9.64 Å². The molecular weight excluding hydrogens is 400 g/mol. The molecule has 0 spiro atoms. The number of carbonyl (C=O) groups is 2. The number of pyridine rings is 1. The highest BCUT2D eigenvalue weighted by Crippen LogP contribution is 2.31. The molecule has 154 valence electrons. The van der Waals surface area contributed by atoms with E-state index in [1.54, 1.807) is 11.0 Å². The summed E-state index contributed by atoms with van der Waals surface area (Å²) in [6.07, 6.45) is 3.13. The third-order valence-electron chi connectivity index (χ3n) is 5.47. The van der Waals surface area contributed by atoms with E-state index in [-0.39, 0.29) is 12.5 Å². The lowest BCUT2D eigenvalue weighted by Crippen LogP contribution is -2.38.